The van der Waals surface area contributed by atoms with E-state index < -0.39 is 11.4 Å². The molecule has 0 radical (unpaired) electrons. The van der Waals surface area contributed by atoms with E-state index in [0.717, 1.165) is 12.8 Å². The Kier molecular flexibility index (Phi) is 5.76. The van der Waals surface area contributed by atoms with Crippen molar-refractivity contribution in [3.8, 4) is 0 Å². The summed E-state index contributed by atoms with van der Waals surface area (Å²) in [6.45, 7) is 13.3. The van der Waals surface area contributed by atoms with Gasteiger partial charge in [0.15, 0.2) is 5.79 Å². The Balaban J connectivity index is 1.36. The topological polar surface area (TPSA) is 47.9 Å². The molecule has 1 aromatic carbocycles. The molecule has 178 valence electrons. The van der Waals surface area contributed by atoms with Crippen LogP contribution in [0.25, 0.3) is 0 Å². The smallest absolute Gasteiger partial charge is 0.174 e. The molecule has 1 aliphatic heterocycles. The molecule has 0 amide bonds. The Morgan fingerprint density at radius 3 is 2.62 bits per heavy atom. The van der Waals surface area contributed by atoms with Crippen molar-refractivity contribution in [2.45, 2.75) is 84.4 Å². The molecule has 1 heterocycles. The molecular formula is C28H42O4. The molecule has 2 bridgehead atoms. The van der Waals surface area contributed by atoms with Gasteiger partial charge in [0.05, 0.1) is 18.3 Å². The van der Waals surface area contributed by atoms with Crippen molar-refractivity contribution in [1.82, 2.24) is 0 Å². The van der Waals surface area contributed by atoms with Gasteiger partial charge in [0.2, 0.25) is 0 Å². The van der Waals surface area contributed by atoms with E-state index in [4.69, 9.17) is 14.2 Å². The highest BCUT2D eigenvalue weighted by Gasteiger charge is 2.83. The first kappa shape index (κ1) is 22.8. The standard InChI is InChI=1S/C28H42O4/c1-6-31-28-15-22-26(5)13-12-21(18(2)3)24(32-28)23(26)25(28)27(22,29)14-19(4)16-30-17-20-10-8-7-9-11-20/h7-11,18-19,21-25,29H,6,12-17H2,1-5H3/t19-,21+,22+,23+,24-,25-,26-,27-,28+/m0/s1. The van der Waals surface area contributed by atoms with Crippen LogP contribution < -0.4 is 0 Å². The van der Waals surface area contributed by atoms with Crippen LogP contribution in [0.5, 0.6) is 0 Å². The summed E-state index contributed by atoms with van der Waals surface area (Å²) in [6, 6.07) is 10.3. The van der Waals surface area contributed by atoms with E-state index >= 15 is 0 Å². The molecule has 1 saturated heterocycles. The minimum atomic E-state index is -0.731. The molecule has 0 spiro atoms. The van der Waals surface area contributed by atoms with E-state index in [1.807, 2.05) is 18.2 Å². The van der Waals surface area contributed by atoms with Gasteiger partial charge in [0, 0.05) is 31.5 Å². The fraction of sp³-hybridized carbons (Fsp3) is 0.786. The summed E-state index contributed by atoms with van der Waals surface area (Å²) in [5.41, 5.74) is 0.615. The predicted octanol–water partition coefficient (Wildman–Crippen LogP) is 5.43. The quantitative estimate of drug-likeness (QED) is 0.554. The Labute approximate surface area is 194 Å². The largest absolute Gasteiger partial charge is 0.389 e. The number of aliphatic hydroxyl groups is 1. The van der Waals surface area contributed by atoms with E-state index in [1.54, 1.807) is 0 Å². The molecule has 0 aromatic heterocycles. The molecule has 5 rings (SSSR count). The van der Waals surface area contributed by atoms with Crippen molar-refractivity contribution >= 4 is 0 Å². The van der Waals surface area contributed by atoms with Crippen LogP contribution in [0.2, 0.25) is 0 Å². The zero-order chi connectivity index (χ0) is 22.7. The lowest BCUT2D eigenvalue weighted by Gasteiger charge is -2.47. The molecule has 1 aromatic rings. The lowest BCUT2D eigenvalue weighted by atomic mass is 9.56. The maximum Gasteiger partial charge on any atom is 0.174 e. The minimum absolute atomic E-state index is 0.0769. The summed E-state index contributed by atoms with van der Waals surface area (Å²) in [7, 11) is 0. The van der Waals surface area contributed by atoms with Gasteiger partial charge >= 0.3 is 0 Å². The Morgan fingerprint density at radius 1 is 1.19 bits per heavy atom. The Bertz CT molecular complexity index is 811. The molecule has 4 nitrogen and oxygen atoms in total. The maximum atomic E-state index is 12.4. The molecule has 4 heteroatoms. The molecule has 0 unspecified atom stereocenters. The van der Waals surface area contributed by atoms with Crippen LogP contribution in [0, 0.1) is 40.9 Å². The molecule has 3 aliphatic carbocycles. The van der Waals surface area contributed by atoms with E-state index in [0.29, 0.717) is 37.6 Å². The molecule has 32 heavy (non-hydrogen) atoms. The van der Waals surface area contributed by atoms with Gasteiger partial charge in [-0.2, -0.15) is 0 Å². The number of rotatable bonds is 9. The van der Waals surface area contributed by atoms with Gasteiger partial charge in [-0.15, -0.1) is 0 Å². The van der Waals surface area contributed by atoms with Crippen LogP contribution in [0.15, 0.2) is 30.3 Å². The lowest BCUT2D eigenvalue weighted by Crippen LogP contribution is -2.47. The summed E-state index contributed by atoms with van der Waals surface area (Å²) < 4.78 is 19.3. The number of hydrogen-bond donors (Lipinski definition) is 1. The number of fused-ring (bicyclic) bond motifs is 2. The SMILES string of the molecule is CCO[C@]12C[C@@H]3[C@]4(C)CC[C@H](C(C)C)[C@H](O1)[C@@H]4[C@H]2[C@]3(O)C[C@H](C)COCc1ccccc1. The highest BCUT2D eigenvalue weighted by atomic mass is 16.7. The maximum absolute atomic E-state index is 12.4. The fourth-order valence-electron chi connectivity index (χ4n) is 8.49. The first-order valence-corrected chi connectivity index (χ1v) is 12.9. The van der Waals surface area contributed by atoms with Crippen molar-refractivity contribution in [2.75, 3.05) is 13.2 Å². The van der Waals surface area contributed by atoms with Gasteiger partial charge in [0.25, 0.3) is 0 Å². The summed E-state index contributed by atoms with van der Waals surface area (Å²) in [5.74, 6) is 1.57. The Morgan fingerprint density at radius 2 is 1.94 bits per heavy atom. The number of hydrogen-bond acceptors (Lipinski definition) is 4. The molecular weight excluding hydrogens is 400 g/mol. The van der Waals surface area contributed by atoms with E-state index in [2.05, 4.69) is 46.8 Å². The molecule has 3 saturated carbocycles. The lowest BCUT2D eigenvalue weighted by molar-refractivity contribution is -0.249. The van der Waals surface area contributed by atoms with E-state index in [1.165, 1.54) is 18.4 Å². The minimum Gasteiger partial charge on any atom is -0.389 e. The van der Waals surface area contributed by atoms with Crippen molar-refractivity contribution in [1.29, 1.82) is 0 Å². The summed E-state index contributed by atoms with van der Waals surface area (Å²) in [6.07, 6.45) is 4.22. The predicted molar refractivity (Wildman–Crippen MR) is 125 cm³/mol. The normalized spacial score (nSPS) is 45.0. The monoisotopic (exact) mass is 442 g/mol. The third kappa shape index (κ3) is 3.24. The average Bonchev–Trinajstić information content (AvgIpc) is 3.25. The number of ether oxygens (including phenoxy) is 3. The third-order valence-corrected chi connectivity index (χ3v) is 9.58. The average molecular weight is 443 g/mol. The van der Waals surface area contributed by atoms with Crippen molar-refractivity contribution in [2.24, 2.45) is 40.9 Å². The zero-order valence-corrected chi connectivity index (χ0v) is 20.5. The van der Waals surface area contributed by atoms with Gasteiger partial charge in [0.1, 0.15) is 0 Å². The third-order valence-electron chi connectivity index (χ3n) is 9.58. The van der Waals surface area contributed by atoms with Crippen LogP contribution in [0.3, 0.4) is 0 Å². The molecule has 4 aliphatic rings. The second-order valence-corrected chi connectivity index (χ2v) is 11.8. The second-order valence-electron chi connectivity index (χ2n) is 11.8. The highest BCUT2D eigenvalue weighted by molar-refractivity contribution is 5.28. The van der Waals surface area contributed by atoms with Crippen LogP contribution in [-0.2, 0) is 20.8 Å². The summed E-state index contributed by atoms with van der Waals surface area (Å²) >= 11 is 0. The Hall–Kier alpha value is -0.940. The zero-order valence-electron chi connectivity index (χ0n) is 20.5. The number of benzene rings is 1. The van der Waals surface area contributed by atoms with Gasteiger partial charge in [-0.3, -0.25) is 0 Å². The van der Waals surface area contributed by atoms with E-state index in [-0.39, 0.29) is 29.3 Å². The van der Waals surface area contributed by atoms with Gasteiger partial charge in [-0.05, 0) is 60.8 Å². The summed E-state index contributed by atoms with van der Waals surface area (Å²) in [4.78, 5) is 0. The molecule has 4 fully saturated rings. The van der Waals surface area contributed by atoms with Crippen molar-refractivity contribution in [3.63, 3.8) is 0 Å². The van der Waals surface area contributed by atoms with Crippen molar-refractivity contribution in [3.05, 3.63) is 35.9 Å². The van der Waals surface area contributed by atoms with Gasteiger partial charge in [-0.1, -0.05) is 58.0 Å². The van der Waals surface area contributed by atoms with Crippen LogP contribution in [-0.4, -0.2) is 35.8 Å². The van der Waals surface area contributed by atoms with Crippen molar-refractivity contribution < 1.29 is 19.3 Å². The van der Waals surface area contributed by atoms with Crippen LogP contribution in [0.4, 0.5) is 0 Å². The van der Waals surface area contributed by atoms with Gasteiger partial charge < -0.3 is 19.3 Å². The fourth-order valence-corrected chi connectivity index (χ4v) is 8.49. The molecule has 9 atom stereocenters. The van der Waals surface area contributed by atoms with Crippen LogP contribution in [0.1, 0.15) is 65.9 Å². The van der Waals surface area contributed by atoms with Crippen LogP contribution >= 0.6 is 0 Å². The first-order valence-electron chi connectivity index (χ1n) is 12.9. The van der Waals surface area contributed by atoms with E-state index in [9.17, 15) is 5.11 Å². The molecule has 1 N–H and O–H groups in total. The summed E-state index contributed by atoms with van der Waals surface area (Å²) in [5, 5.41) is 12.4. The second kappa shape index (κ2) is 8.08. The first-order chi connectivity index (χ1) is 15.2. The van der Waals surface area contributed by atoms with Gasteiger partial charge in [-0.25, -0.2) is 0 Å². The highest BCUT2D eigenvalue weighted by Crippen LogP contribution is 2.78.